The maximum Gasteiger partial charge on any atom is 0.274 e. The number of hydrogen-bond acceptors (Lipinski definition) is 4. The third-order valence-corrected chi connectivity index (χ3v) is 6.17. The molecule has 1 amide bonds. The number of carbonyl (C=O) groups is 1. The van der Waals surface area contributed by atoms with E-state index < -0.39 is 0 Å². The second-order valence-corrected chi connectivity index (χ2v) is 8.99. The van der Waals surface area contributed by atoms with Crippen LogP contribution in [0.3, 0.4) is 0 Å². The molecule has 0 unspecified atom stereocenters. The summed E-state index contributed by atoms with van der Waals surface area (Å²) in [6.07, 6.45) is 3.35. The van der Waals surface area contributed by atoms with Gasteiger partial charge in [-0.25, -0.2) is 4.39 Å². The van der Waals surface area contributed by atoms with Gasteiger partial charge in [-0.1, -0.05) is 32.0 Å². The third kappa shape index (κ3) is 5.15. The lowest BCUT2D eigenvalue weighted by molar-refractivity contribution is 0.0297. The molecular weight excluding hydrogens is 395 g/mol. The second kappa shape index (κ2) is 9.92. The van der Waals surface area contributed by atoms with E-state index in [-0.39, 0.29) is 17.8 Å². The molecule has 1 fully saturated rings. The number of nitrogens with zero attached hydrogens (tertiary/aromatic N) is 3. The topological polar surface area (TPSA) is 59.4 Å². The van der Waals surface area contributed by atoms with Crippen LogP contribution in [-0.4, -0.2) is 59.5 Å². The van der Waals surface area contributed by atoms with Crippen LogP contribution < -0.4 is 5.32 Å². The molecule has 4 rings (SSSR count). The number of hydrogen-bond donors (Lipinski definition) is 1. The van der Waals surface area contributed by atoms with Gasteiger partial charge in [0.05, 0.1) is 13.2 Å². The van der Waals surface area contributed by atoms with Crippen molar-refractivity contribution in [2.75, 3.05) is 32.8 Å². The summed E-state index contributed by atoms with van der Waals surface area (Å²) in [6, 6.07) is 7.21. The number of ether oxygens (including phenoxy) is 1. The van der Waals surface area contributed by atoms with Crippen LogP contribution in [0.5, 0.6) is 0 Å². The molecule has 0 bridgehead atoms. The quantitative estimate of drug-likeness (QED) is 0.737. The minimum absolute atomic E-state index is 0.0223. The van der Waals surface area contributed by atoms with Crippen molar-refractivity contribution in [1.82, 2.24) is 20.0 Å². The number of carbonyl (C=O) groups excluding carboxylic acids is 1. The van der Waals surface area contributed by atoms with Crippen molar-refractivity contribution < 1.29 is 13.9 Å². The molecule has 2 aliphatic rings. The average Bonchev–Trinajstić information content (AvgIpc) is 3.12. The summed E-state index contributed by atoms with van der Waals surface area (Å²) in [5.41, 5.74) is 3.64. The predicted octanol–water partition coefficient (Wildman–Crippen LogP) is 2.84. The Labute approximate surface area is 183 Å². The van der Waals surface area contributed by atoms with Crippen LogP contribution in [0.1, 0.15) is 47.6 Å². The van der Waals surface area contributed by atoms with Crippen molar-refractivity contribution in [3.8, 4) is 0 Å². The van der Waals surface area contributed by atoms with Crippen LogP contribution in [0.15, 0.2) is 24.3 Å². The Bertz CT molecular complexity index is 905. The number of benzene rings is 1. The maximum atomic E-state index is 13.9. The lowest BCUT2D eigenvalue weighted by atomic mass is 9.90. The highest BCUT2D eigenvalue weighted by Crippen LogP contribution is 2.27. The number of halogens is 1. The normalized spacial score (nSPS) is 19.0. The minimum Gasteiger partial charge on any atom is -0.378 e. The lowest BCUT2D eigenvalue weighted by Gasteiger charge is -2.28. The second-order valence-electron chi connectivity index (χ2n) is 8.99. The molecule has 1 aliphatic heterocycles. The van der Waals surface area contributed by atoms with E-state index in [0.29, 0.717) is 50.9 Å². The molecule has 1 aliphatic carbocycles. The van der Waals surface area contributed by atoms with Crippen molar-refractivity contribution in [3.63, 3.8) is 0 Å². The van der Waals surface area contributed by atoms with Crippen molar-refractivity contribution >= 4 is 5.91 Å². The summed E-state index contributed by atoms with van der Waals surface area (Å²) in [5.74, 6) is 0.338. The molecule has 0 saturated carbocycles. The SMILES string of the molecule is CC(C)Cn1nc(C(=O)N2CCOCC2)c2c1CC[C@@H](NCCc1ccccc1F)C2. The molecule has 7 heteroatoms. The van der Waals surface area contributed by atoms with Crippen LogP contribution in [0.4, 0.5) is 4.39 Å². The van der Waals surface area contributed by atoms with E-state index in [2.05, 4.69) is 23.8 Å². The average molecular weight is 429 g/mol. The van der Waals surface area contributed by atoms with Gasteiger partial charge in [-0.05, 0) is 49.8 Å². The zero-order valence-corrected chi connectivity index (χ0v) is 18.6. The van der Waals surface area contributed by atoms with Gasteiger partial charge < -0.3 is 15.0 Å². The summed E-state index contributed by atoms with van der Waals surface area (Å²) in [6.45, 7) is 8.30. The standard InChI is InChI=1S/C24H33FN4O2/c1-17(2)16-29-22-8-7-19(26-10-9-18-5-3-4-6-21(18)25)15-20(22)23(27-29)24(30)28-11-13-31-14-12-28/h3-6,17,19,26H,7-16H2,1-2H3/t19-/m1/s1. The number of rotatable bonds is 7. The molecule has 2 aromatic rings. The van der Waals surface area contributed by atoms with Gasteiger partial charge in [-0.15, -0.1) is 0 Å². The third-order valence-electron chi connectivity index (χ3n) is 6.17. The van der Waals surface area contributed by atoms with Crippen molar-refractivity contribution in [3.05, 3.63) is 52.6 Å². The smallest absolute Gasteiger partial charge is 0.274 e. The van der Waals surface area contributed by atoms with Gasteiger partial charge in [0.25, 0.3) is 5.91 Å². The molecular formula is C24H33FN4O2. The van der Waals surface area contributed by atoms with E-state index in [1.54, 1.807) is 6.07 Å². The zero-order chi connectivity index (χ0) is 21.8. The summed E-state index contributed by atoms with van der Waals surface area (Å²) < 4.78 is 21.4. The summed E-state index contributed by atoms with van der Waals surface area (Å²) >= 11 is 0. The van der Waals surface area contributed by atoms with Gasteiger partial charge in [0.2, 0.25) is 0 Å². The van der Waals surface area contributed by atoms with Crippen molar-refractivity contribution in [1.29, 1.82) is 0 Å². The van der Waals surface area contributed by atoms with Gasteiger partial charge in [0, 0.05) is 36.9 Å². The maximum absolute atomic E-state index is 13.9. The Hall–Kier alpha value is -2.25. The largest absolute Gasteiger partial charge is 0.378 e. The molecule has 2 heterocycles. The van der Waals surface area contributed by atoms with Crippen LogP contribution in [-0.2, 0) is 30.5 Å². The van der Waals surface area contributed by atoms with E-state index in [0.717, 1.165) is 36.9 Å². The highest BCUT2D eigenvalue weighted by Gasteiger charge is 2.31. The van der Waals surface area contributed by atoms with E-state index in [9.17, 15) is 9.18 Å². The molecule has 168 valence electrons. The van der Waals surface area contributed by atoms with E-state index >= 15 is 0 Å². The summed E-state index contributed by atoms with van der Waals surface area (Å²) in [4.78, 5) is 15.1. The van der Waals surface area contributed by atoms with Gasteiger partial charge >= 0.3 is 0 Å². The van der Waals surface area contributed by atoms with Gasteiger partial charge in [0.1, 0.15) is 5.82 Å². The molecule has 31 heavy (non-hydrogen) atoms. The van der Waals surface area contributed by atoms with Crippen molar-refractivity contribution in [2.45, 2.75) is 52.1 Å². The first kappa shape index (κ1) is 22.0. The molecule has 1 aromatic heterocycles. The molecule has 1 atom stereocenters. The highest BCUT2D eigenvalue weighted by molar-refractivity contribution is 5.94. The van der Waals surface area contributed by atoms with Crippen molar-refractivity contribution in [2.24, 2.45) is 5.92 Å². The fourth-order valence-electron chi connectivity index (χ4n) is 4.56. The van der Waals surface area contributed by atoms with E-state index in [1.165, 1.54) is 11.8 Å². The first-order chi connectivity index (χ1) is 15.0. The number of nitrogens with one attached hydrogen (secondary N) is 1. The molecule has 1 N–H and O–H groups in total. The monoisotopic (exact) mass is 428 g/mol. The summed E-state index contributed by atoms with van der Waals surface area (Å²) in [7, 11) is 0. The van der Waals surface area contributed by atoms with Crippen LogP contribution in [0.25, 0.3) is 0 Å². The Morgan fingerprint density at radius 3 is 2.81 bits per heavy atom. The van der Waals surface area contributed by atoms with Crippen LogP contribution in [0, 0.1) is 11.7 Å². The minimum atomic E-state index is -0.149. The summed E-state index contributed by atoms with van der Waals surface area (Å²) in [5, 5.41) is 8.37. The molecule has 1 saturated heterocycles. The van der Waals surface area contributed by atoms with Gasteiger partial charge in [-0.2, -0.15) is 5.10 Å². The Balaban J connectivity index is 1.47. The van der Waals surface area contributed by atoms with Gasteiger partial charge in [0.15, 0.2) is 5.69 Å². The number of amides is 1. The first-order valence-corrected chi connectivity index (χ1v) is 11.4. The van der Waals surface area contributed by atoms with Gasteiger partial charge in [-0.3, -0.25) is 9.48 Å². The molecule has 0 radical (unpaired) electrons. The number of fused-ring (bicyclic) bond motifs is 1. The molecule has 1 aromatic carbocycles. The molecule has 0 spiro atoms. The van der Waals surface area contributed by atoms with E-state index in [1.807, 2.05) is 17.0 Å². The van der Waals surface area contributed by atoms with Crippen LogP contribution in [0.2, 0.25) is 0 Å². The first-order valence-electron chi connectivity index (χ1n) is 11.4. The zero-order valence-electron chi connectivity index (χ0n) is 18.6. The highest BCUT2D eigenvalue weighted by atomic mass is 19.1. The fraction of sp³-hybridized carbons (Fsp3) is 0.583. The van der Waals surface area contributed by atoms with Crippen LogP contribution >= 0.6 is 0 Å². The van der Waals surface area contributed by atoms with E-state index in [4.69, 9.17) is 9.84 Å². The Kier molecular flexibility index (Phi) is 7.02. The predicted molar refractivity (Wildman–Crippen MR) is 118 cm³/mol. The number of morpholine rings is 1. The number of aromatic nitrogens is 2. The lowest BCUT2D eigenvalue weighted by Crippen LogP contribution is -2.42. The Morgan fingerprint density at radius 1 is 1.29 bits per heavy atom. The molecule has 6 nitrogen and oxygen atoms in total. The fourth-order valence-corrected chi connectivity index (χ4v) is 4.56. The Morgan fingerprint density at radius 2 is 2.06 bits per heavy atom.